The second-order valence-electron chi connectivity index (χ2n) is 5.16. The minimum absolute atomic E-state index is 0.296. The van der Waals surface area contributed by atoms with Gasteiger partial charge in [0.25, 0.3) is 0 Å². The molecule has 2 aromatic carbocycles. The van der Waals surface area contributed by atoms with Gasteiger partial charge in [-0.15, -0.1) is 0 Å². The van der Waals surface area contributed by atoms with Crippen LogP contribution in [0, 0.1) is 0 Å². The number of hydrogen-bond donors (Lipinski definition) is 0. The quantitative estimate of drug-likeness (QED) is 0.866. The predicted octanol–water partition coefficient (Wildman–Crippen LogP) is 3.19. The fourth-order valence-corrected chi connectivity index (χ4v) is 2.46. The van der Waals surface area contributed by atoms with E-state index < -0.39 is 0 Å². The van der Waals surface area contributed by atoms with E-state index in [-0.39, 0.29) is 6.09 Å². The molecule has 0 saturated heterocycles. The Balaban J connectivity index is 1.56. The van der Waals surface area contributed by atoms with Crippen molar-refractivity contribution in [3.8, 4) is 0 Å². The van der Waals surface area contributed by atoms with Crippen molar-refractivity contribution in [3.63, 3.8) is 0 Å². The zero-order valence-corrected chi connectivity index (χ0v) is 12.0. The van der Waals surface area contributed by atoms with Gasteiger partial charge in [0, 0.05) is 20.1 Å². The summed E-state index contributed by atoms with van der Waals surface area (Å²) in [5.74, 6) is 0. The lowest BCUT2D eigenvalue weighted by Gasteiger charge is -2.26. The number of rotatable bonds is 3. The molecular formula is C17H18N2O2. The minimum Gasteiger partial charge on any atom is -0.444 e. The van der Waals surface area contributed by atoms with Crippen LogP contribution in [-0.2, 0) is 24.4 Å². The Morgan fingerprint density at radius 1 is 1.05 bits per heavy atom. The molecule has 108 valence electrons. The molecule has 1 aliphatic heterocycles. The summed E-state index contributed by atoms with van der Waals surface area (Å²) in [4.78, 5) is 12.1. The molecule has 0 aliphatic carbocycles. The summed E-state index contributed by atoms with van der Waals surface area (Å²) in [7, 11) is 1.75. The number of fused-ring (bicyclic) bond motifs is 1. The van der Waals surface area contributed by atoms with Gasteiger partial charge in [-0.25, -0.2) is 14.8 Å². The molecule has 1 aliphatic rings. The molecule has 4 nitrogen and oxygen atoms in total. The van der Waals surface area contributed by atoms with Crippen LogP contribution in [0.15, 0.2) is 54.6 Å². The Bertz CT molecular complexity index is 603. The maximum absolute atomic E-state index is 12.1. The van der Waals surface area contributed by atoms with Crippen LogP contribution in [0.3, 0.4) is 0 Å². The van der Waals surface area contributed by atoms with Crippen LogP contribution in [0.25, 0.3) is 0 Å². The Hall–Kier alpha value is -2.33. The van der Waals surface area contributed by atoms with Crippen molar-refractivity contribution in [1.82, 2.24) is 10.0 Å². The largest absolute Gasteiger partial charge is 0.444 e. The van der Waals surface area contributed by atoms with Crippen molar-refractivity contribution < 1.29 is 9.53 Å². The standard InChI is InChI=1S/C17H18N2O2/c1-18(17(20)21-13-14-7-3-2-4-8-14)19-11-15-9-5-6-10-16(15)12-19/h2-10H,11-13H2,1H3. The molecule has 0 N–H and O–H groups in total. The number of nitrogens with zero attached hydrogens (tertiary/aromatic N) is 2. The van der Waals surface area contributed by atoms with Crippen molar-refractivity contribution in [2.24, 2.45) is 0 Å². The molecule has 1 heterocycles. The lowest BCUT2D eigenvalue weighted by Crippen LogP contribution is -2.40. The third-order valence-electron chi connectivity index (χ3n) is 3.72. The van der Waals surface area contributed by atoms with Crippen LogP contribution in [0.4, 0.5) is 4.79 Å². The van der Waals surface area contributed by atoms with Crippen LogP contribution < -0.4 is 0 Å². The normalized spacial score (nSPS) is 13.8. The summed E-state index contributed by atoms with van der Waals surface area (Å²) < 4.78 is 5.35. The maximum atomic E-state index is 12.1. The minimum atomic E-state index is -0.327. The predicted molar refractivity (Wildman–Crippen MR) is 80.1 cm³/mol. The SMILES string of the molecule is CN(C(=O)OCc1ccccc1)N1Cc2ccccc2C1. The molecule has 21 heavy (non-hydrogen) atoms. The van der Waals surface area contributed by atoms with E-state index in [0.29, 0.717) is 6.61 Å². The van der Waals surface area contributed by atoms with Gasteiger partial charge >= 0.3 is 6.09 Å². The van der Waals surface area contributed by atoms with Crippen molar-refractivity contribution >= 4 is 6.09 Å². The Morgan fingerprint density at radius 2 is 1.62 bits per heavy atom. The second kappa shape index (κ2) is 5.97. The highest BCUT2D eigenvalue weighted by atomic mass is 16.6. The first kappa shape index (κ1) is 13.6. The molecule has 3 rings (SSSR count). The van der Waals surface area contributed by atoms with Crippen LogP contribution in [0.2, 0.25) is 0 Å². The van der Waals surface area contributed by atoms with E-state index in [4.69, 9.17) is 4.74 Å². The van der Waals surface area contributed by atoms with Gasteiger partial charge in [0.15, 0.2) is 0 Å². The number of hydrazine groups is 1. The molecule has 0 saturated carbocycles. The maximum Gasteiger partial charge on any atom is 0.424 e. The van der Waals surface area contributed by atoms with Crippen LogP contribution in [0.5, 0.6) is 0 Å². The van der Waals surface area contributed by atoms with E-state index in [2.05, 4.69) is 12.1 Å². The first-order chi connectivity index (χ1) is 10.2. The van der Waals surface area contributed by atoms with Gasteiger partial charge in [0.2, 0.25) is 0 Å². The molecular weight excluding hydrogens is 264 g/mol. The Labute approximate surface area is 124 Å². The number of carbonyl (C=O) groups excluding carboxylic acids is 1. The van der Waals surface area contributed by atoms with Gasteiger partial charge < -0.3 is 4.74 Å². The third kappa shape index (κ3) is 3.06. The summed E-state index contributed by atoms with van der Waals surface area (Å²) in [5.41, 5.74) is 3.52. The molecule has 0 radical (unpaired) electrons. The Morgan fingerprint density at radius 3 is 2.24 bits per heavy atom. The van der Waals surface area contributed by atoms with E-state index in [1.807, 2.05) is 47.5 Å². The van der Waals surface area contributed by atoms with Crippen molar-refractivity contribution in [2.75, 3.05) is 7.05 Å². The number of hydrogen-bond acceptors (Lipinski definition) is 3. The highest BCUT2D eigenvalue weighted by Crippen LogP contribution is 2.23. The van der Waals surface area contributed by atoms with Gasteiger partial charge in [-0.05, 0) is 16.7 Å². The van der Waals surface area contributed by atoms with E-state index in [0.717, 1.165) is 18.7 Å². The first-order valence-corrected chi connectivity index (χ1v) is 7.00. The fourth-order valence-electron chi connectivity index (χ4n) is 2.46. The molecule has 0 aromatic heterocycles. The smallest absolute Gasteiger partial charge is 0.424 e. The van der Waals surface area contributed by atoms with Crippen molar-refractivity contribution in [1.29, 1.82) is 0 Å². The number of carbonyl (C=O) groups is 1. The van der Waals surface area contributed by atoms with E-state index in [1.54, 1.807) is 12.1 Å². The molecule has 4 heteroatoms. The van der Waals surface area contributed by atoms with Crippen LogP contribution in [-0.4, -0.2) is 23.2 Å². The zero-order chi connectivity index (χ0) is 14.7. The number of ether oxygens (including phenoxy) is 1. The summed E-state index contributed by atoms with van der Waals surface area (Å²) in [5, 5.41) is 3.54. The molecule has 0 fully saturated rings. The average Bonchev–Trinajstić information content (AvgIpc) is 2.97. The topological polar surface area (TPSA) is 32.8 Å². The summed E-state index contributed by atoms with van der Waals surface area (Å²) in [6.07, 6.45) is -0.327. The first-order valence-electron chi connectivity index (χ1n) is 7.00. The highest BCUT2D eigenvalue weighted by molar-refractivity contribution is 5.66. The molecule has 0 atom stereocenters. The lowest BCUT2D eigenvalue weighted by molar-refractivity contribution is -0.0109. The molecule has 0 bridgehead atoms. The van der Waals surface area contributed by atoms with E-state index in [9.17, 15) is 4.79 Å². The summed E-state index contributed by atoms with van der Waals surface area (Å²) in [6, 6.07) is 17.9. The molecule has 0 spiro atoms. The third-order valence-corrected chi connectivity index (χ3v) is 3.72. The highest BCUT2D eigenvalue weighted by Gasteiger charge is 2.25. The van der Waals surface area contributed by atoms with Gasteiger partial charge in [0.05, 0.1) is 0 Å². The number of amides is 1. The Kier molecular flexibility index (Phi) is 3.88. The second-order valence-corrected chi connectivity index (χ2v) is 5.16. The summed E-state index contributed by atoms with van der Waals surface area (Å²) >= 11 is 0. The van der Waals surface area contributed by atoms with Crippen molar-refractivity contribution in [3.05, 3.63) is 71.3 Å². The zero-order valence-electron chi connectivity index (χ0n) is 12.0. The van der Waals surface area contributed by atoms with E-state index >= 15 is 0 Å². The van der Waals surface area contributed by atoms with E-state index in [1.165, 1.54) is 11.1 Å². The van der Waals surface area contributed by atoms with Gasteiger partial charge in [-0.1, -0.05) is 54.6 Å². The monoisotopic (exact) mass is 282 g/mol. The molecule has 0 unspecified atom stereocenters. The van der Waals surface area contributed by atoms with Crippen LogP contribution in [0.1, 0.15) is 16.7 Å². The average molecular weight is 282 g/mol. The number of benzene rings is 2. The van der Waals surface area contributed by atoms with Gasteiger partial charge in [0.1, 0.15) is 6.61 Å². The molecule has 2 aromatic rings. The van der Waals surface area contributed by atoms with Crippen molar-refractivity contribution in [2.45, 2.75) is 19.7 Å². The van der Waals surface area contributed by atoms with Crippen LogP contribution >= 0.6 is 0 Å². The summed E-state index contributed by atoms with van der Waals surface area (Å²) in [6.45, 7) is 1.78. The lowest BCUT2D eigenvalue weighted by atomic mass is 10.1. The van der Waals surface area contributed by atoms with Gasteiger partial charge in [-0.3, -0.25) is 0 Å². The molecule has 1 amide bonds. The fraction of sp³-hybridized carbons (Fsp3) is 0.235. The van der Waals surface area contributed by atoms with Gasteiger partial charge in [-0.2, -0.15) is 0 Å².